The zero-order valence-corrected chi connectivity index (χ0v) is 18.9. The van der Waals surface area contributed by atoms with E-state index in [0.29, 0.717) is 6.04 Å². The first-order chi connectivity index (χ1) is 16.8. The normalized spacial score (nSPS) is 15.1. The molecule has 3 aliphatic rings. The third kappa shape index (κ3) is 4.04. The van der Waals surface area contributed by atoms with Crippen molar-refractivity contribution in [1.82, 2.24) is 19.9 Å². The summed E-state index contributed by atoms with van der Waals surface area (Å²) in [5.41, 5.74) is 6.96. The minimum absolute atomic E-state index is 0.298. The van der Waals surface area contributed by atoms with Crippen molar-refractivity contribution >= 4 is 22.4 Å². The Hall–Kier alpha value is -4.03. The van der Waals surface area contributed by atoms with Gasteiger partial charge < -0.3 is 15.2 Å². The lowest BCUT2D eigenvalue weighted by atomic mass is 10.1. The van der Waals surface area contributed by atoms with Crippen LogP contribution in [-0.4, -0.2) is 33.7 Å². The van der Waals surface area contributed by atoms with Crippen molar-refractivity contribution in [2.75, 3.05) is 18.4 Å². The topological polar surface area (TPSA) is 67.1 Å². The molecule has 0 saturated carbocycles. The maximum Gasteiger partial charge on any atom is 0.0900 e. The molecule has 2 aliphatic heterocycles. The van der Waals surface area contributed by atoms with Gasteiger partial charge in [0, 0.05) is 11.9 Å². The van der Waals surface area contributed by atoms with Crippen LogP contribution in [0.3, 0.4) is 0 Å². The zero-order valence-electron chi connectivity index (χ0n) is 18.9. The van der Waals surface area contributed by atoms with Crippen molar-refractivity contribution in [2.24, 2.45) is 4.99 Å². The first kappa shape index (κ1) is 20.6. The molecule has 6 nitrogen and oxygen atoms in total. The van der Waals surface area contributed by atoms with Crippen LogP contribution >= 0.6 is 0 Å². The molecule has 1 fully saturated rings. The zero-order chi connectivity index (χ0) is 22.7. The molecule has 3 aromatic rings. The van der Waals surface area contributed by atoms with E-state index in [1.807, 2.05) is 30.5 Å². The van der Waals surface area contributed by atoms with Gasteiger partial charge in [-0.05, 0) is 74.5 Å². The van der Waals surface area contributed by atoms with E-state index >= 15 is 0 Å². The molecule has 2 N–H and O–H groups in total. The highest BCUT2D eigenvalue weighted by Crippen LogP contribution is 2.30. The van der Waals surface area contributed by atoms with Crippen molar-refractivity contribution in [3.05, 3.63) is 96.6 Å². The van der Waals surface area contributed by atoms with E-state index in [1.165, 1.54) is 0 Å². The molecule has 1 saturated heterocycles. The number of aromatic nitrogens is 3. The van der Waals surface area contributed by atoms with Crippen LogP contribution in [0, 0.1) is 0 Å². The molecule has 6 heteroatoms. The molecule has 1 aromatic heterocycles. The molecule has 0 amide bonds. The number of para-hydroxylation sites is 3. The van der Waals surface area contributed by atoms with E-state index in [4.69, 9.17) is 9.98 Å². The monoisotopic (exact) mass is 446 g/mol. The number of hydrogen-bond acceptors (Lipinski definition) is 5. The molecule has 0 unspecified atom stereocenters. The smallest absolute Gasteiger partial charge is 0.0900 e. The summed E-state index contributed by atoms with van der Waals surface area (Å²) >= 11 is 0. The lowest BCUT2D eigenvalue weighted by Crippen LogP contribution is -2.31. The summed E-state index contributed by atoms with van der Waals surface area (Å²) in [5, 5.41) is 7.93. The molecule has 0 radical (unpaired) electrons. The highest BCUT2D eigenvalue weighted by atomic mass is 15.0. The second kappa shape index (κ2) is 9.08. The van der Waals surface area contributed by atoms with E-state index in [-0.39, 0.29) is 0 Å². The van der Waals surface area contributed by atoms with Crippen molar-refractivity contribution in [2.45, 2.75) is 18.9 Å². The Morgan fingerprint density at radius 2 is 1.74 bits per heavy atom. The SMILES string of the molecule is c1ccc(-n2c3c/c(=N\C4CCNCC4)c(Nc4cccnc4)cc-3nc3ccccc32)cc1. The van der Waals surface area contributed by atoms with Gasteiger partial charge in [0.2, 0.25) is 0 Å². The van der Waals surface area contributed by atoms with Gasteiger partial charge in [-0.3, -0.25) is 9.98 Å². The molecule has 1 aliphatic carbocycles. The Morgan fingerprint density at radius 1 is 0.912 bits per heavy atom. The van der Waals surface area contributed by atoms with Gasteiger partial charge in [-0.2, -0.15) is 0 Å². The number of hydrogen-bond donors (Lipinski definition) is 2. The predicted octanol–water partition coefficient (Wildman–Crippen LogP) is 4.92. The summed E-state index contributed by atoms with van der Waals surface area (Å²) in [6, 6.07) is 27.3. The predicted molar refractivity (Wildman–Crippen MR) is 137 cm³/mol. The Kier molecular flexibility index (Phi) is 5.49. The van der Waals surface area contributed by atoms with Crippen LogP contribution in [0.1, 0.15) is 12.8 Å². The fourth-order valence-electron chi connectivity index (χ4n) is 4.63. The first-order valence-electron chi connectivity index (χ1n) is 11.8. The summed E-state index contributed by atoms with van der Waals surface area (Å²) in [5.74, 6) is 0. The summed E-state index contributed by atoms with van der Waals surface area (Å²) in [6.07, 6.45) is 5.69. The molecule has 3 heterocycles. The molecule has 6 rings (SSSR count). The molecule has 0 atom stereocenters. The molecule has 0 spiro atoms. The number of anilines is 2. The van der Waals surface area contributed by atoms with E-state index in [0.717, 1.165) is 70.8 Å². The van der Waals surface area contributed by atoms with Gasteiger partial charge >= 0.3 is 0 Å². The molecule has 2 aromatic carbocycles. The summed E-state index contributed by atoms with van der Waals surface area (Å²) < 4.78 is 2.28. The number of fused-ring (bicyclic) bond motifs is 2. The average molecular weight is 447 g/mol. The Labute approximate surface area is 198 Å². The van der Waals surface area contributed by atoms with Gasteiger partial charge in [-0.15, -0.1) is 0 Å². The second-order valence-electron chi connectivity index (χ2n) is 8.61. The van der Waals surface area contributed by atoms with Gasteiger partial charge in [-0.25, -0.2) is 4.98 Å². The van der Waals surface area contributed by atoms with Crippen LogP contribution < -0.4 is 16.0 Å². The average Bonchev–Trinajstić information content (AvgIpc) is 2.89. The largest absolute Gasteiger partial charge is 0.352 e. The van der Waals surface area contributed by atoms with Gasteiger partial charge in [0.1, 0.15) is 0 Å². The highest BCUT2D eigenvalue weighted by Gasteiger charge is 2.18. The van der Waals surface area contributed by atoms with E-state index in [2.05, 4.69) is 74.8 Å². The molecular formula is C28H26N6. The number of nitrogens with zero attached hydrogens (tertiary/aromatic N) is 4. The molecule has 168 valence electrons. The lowest BCUT2D eigenvalue weighted by Gasteiger charge is -2.22. The van der Waals surface area contributed by atoms with Crippen molar-refractivity contribution in [3.63, 3.8) is 0 Å². The van der Waals surface area contributed by atoms with Crippen LogP contribution in [-0.2, 0) is 0 Å². The standard InChI is InChI=1S/C28H26N6/c1-2-8-22(9-3-1)34-27-11-5-4-10-23(27)33-26-17-24(32-21-7-6-14-30-19-21)25(18-28(26)34)31-20-12-15-29-16-13-20/h1-11,14,17-20,29,32H,12-13,15-16H2/b31-25+. The van der Waals surface area contributed by atoms with Crippen LogP contribution in [0.4, 0.5) is 11.4 Å². The Balaban J connectivity index is 1.63. The van der Waals surface area contributed by atoms with Crippen LogP contribution in [0.15, 0.2) is 96.2 Å². The third-order valence-electron chi connectivity index (χ3n) is 6.28. The van der Waals surface area contributed by atoms with Gasteiger partial charge in [0.15, 0.2) is 0 Å². The first-order valence-corrected chi connectivity index (χ1v) is 11.8. The lowest BCUT2D eigenvalue weighted by molar-refractivity contribution is 0.454. The fourth-order valence-corrected chi connectivity index (χ4v) is 4.63. The minimum Gasteiger partial charge on any atom is -0.352 e. The van der Waals surface area contributed by atoms with Crippen molar-refractivity contribution < 1.29 is 0 Å². The fraction of sp³-hybridized carbons (Fsp3) is 0.179. The van der Waals surface area contributed by atoms with Crippen molar-refractivity contribution in [1.29, 1.82) is 0 Å². The summed E-state index contributed by atoms with van der Waals surface area (Å²) in [4.78, 5) is 14.5. The van der Waals surface area contributed by atoms with Crippen molar-refractivity contribution in [3.8, 4) is 17.1 Å². The molecular weight excluding hydrogens is 420 g/mol. The maximum atomic E-state index is 5.22. The Bertz CT molecular complexity index is 1450. The molecule has 0 bridgehead atoms. The van der Waals surface area contributed by atoms with E-state index in [1.54, 1.807) is 6.20 Å². The van der Waals surface area contributed by atoms with Crippen LogP contribution in [0.5, 0.6) is 0 Å². The second-order valence-corrected chi connectivity index (χ2v) is 8.61. The van der Waals surface area contributed by atoms with Crippen LogP contribution in [0.2, 0.25) is 0 Å². The number of piperidine rings is 1. The maximum absolute atomic E-state index is 5.22. The van der Waals surface area contributed by atoms with Crippen LogP contribution in [0.25, 0.3) is 28.1 Å². The van der Waals surface area contributed by atoms with Gasteiger partial charge in [0.05, 0.1) is 51.4 Å². The summed E-state index contributed by atoms with van der Waals surface area (Å²) in [7, 11) is 0. The number of rotatable bonds is 4. The van der Waals surface area contributed by atoms with E-state index in [9.17, 15) is 0 Å². The minimum atomic E-state index is 0.298. The van der Waals surface area contributed by atoms with Gasteiger partial charge in [-0.1, -0.05) is 30.3 Å². The Morgan fingerprint density at radius 3 is 2.56 bits per heavy atom. The quantitative estimate of drug-likeness (QED) is 0.385. The van der Waals surface area contributed by atoms with E-state index < -0.39 is 0 Å². The van der Waals surface area contributed by atoms with Gasteiger partial charge in [0.25, 0.3) is 0 Å². The third-order valence-corrected chi connectivity index (χ3v) is 6.28. The number of benzene rings is 3. The summed E-state index contributed by atoms with van der Waals surface area (Å²) in [6.45, 7) is 2.01. The number of pyridine rings is 1. The number of nitrogens with one attached hydrogen (secondary N) is 2. The highest BCUT2D eigenvalue weighted by molar-refractivity contribution is 5.84. The molecule has 34 heavy (non-hydrogen) atoms.